The van der Waals surface area contributed by atoms with Crippen LogP contribution >= 0.6 is 0 Å². The Balaban J connectivity index is 1.72. The van der Waals surface area contributed by atoms with Gasteiger partial charge in [-0.25, -0.2) is 4.98 Å². The molecular formula is C13H20N4O. The Bertz CT molecular complexity index is 425. The van der Waals surface area contributed by atoms with Gasteiger partial charge < -0.3 is 10.5 Å². The van der Waals surface area contributed by atoms with E-state index in [0.717, 1.165) is 24.8 Å². The fourth-order valence-electron chi connectivity index (χ4n) is 3.29. The summed E-state index contributed by atoms with van der Waals surface area (Å²) in [6.45, 7) is 0. The van der Waals surface area contributed by atoms with Crippen molar-refractivity contribution in [1.82, 2.24) is 10.4 Å². The van der Waals surface area contributed by atoms with Crippen molar-refractivity contribution in [2.45, 2.75) is 43.9 Å². The Kier molecular flexibility index (Phi) is 3.20. The van der Waals surface area contributed by atoms with E-state index in [1.165, 1.54) is 6.42 Å². The molecule has 3 rings (SSSR count). The molecule has 2 aliphatic rings. The van der Waals surface area contributed by atoms with Gasteiger partial charge in [0.1, 0.15) is 5.82 Å². The second-order valence-electron chi connectivity index (χ2n) is 5.30. The molecule has 0 aromatic carbocycles. The zero-order valence-electron chi connectivity index (χ0n) is 10.4. The highest BCUT2D eigenvalue weighted by molar-refractivity contribution is 5.39. The Morgan fingerprint density at radius 3 is 3.00 bits per heavy atom. The summed E-state index contributed by atoms with van der Waals surface area (Å²) in [5.41, 5.74) is 9.89. The van der Waals surface area contributed by atoms with Gasteiger partial charge >= 0.3 is 0 Å². The number of nitrogens with one attached hydrogen (secondary N) is 1. The number of anilines is 1. The Labute approximate surface area is 107 Å². The van der Waals surface area contributed by atoms with E-state index >= 15 is 0 Å². The number of nitrogen functional groups attached to an aromatic ring is 1. The maximum Gasteiger partial charge on any atom is 0.126 e. The van der Waals surface area contributed by atoms with Gasteiger partial charge in [-0.2, -0.15) is 0 Å². The van der Waals surface area contributed by atoms with Crippen LogP contribution in [-0.2, 0) is 11.2 Å². The molecule has 1 aromatic rings. The van der Waals surface area contributed by atoms with E-state index in [0.29, 0.717) is 23.9 Å². The number of aromatic nitrogens is 1. The van der Waals surface area contributed by atoms with Crippen molar-refractivity contribution >= 4 is 5.82 Å². The van der Waals surface area contributed by atoms with Gasteiger partial charge in [-0.3, -0.25) is 11.3 Å². The first-order chi connectivity index (χ1) is 8.78. The third-order valence-electron chi connectivity index (χ3n) is 4.25. The van der Waals surface area contributed by atoms with Crippen LogP contribution in [0.3, 0.4) is 0 Å². The summed E-state index contributed by atoms with van der Waals surface area (Å²) in [4.78, 5) is 4.12. The number of fused-ring (bicyclic) bond motifs is 2. The molecule has 2 fully saturated rings. The number of hydrogen-bond acceptors (Lipinski definition) is 5. The zero-order chi connectivity index (χ0) is 12.5. The average Bonchev–Trinajstić information content (AvgIpc) is 3.00. The van der Waals surface area contributed by atoms with Crippen molar-refractivity contribution < 1.29 is 4.74 Å². The third kappa shape index (κ3) is 2.09. The largest absolute Gasteiger partial charge is 0.383 e. The molecule has 5 N–H and O–H groups in total. The first-order valence-corrected chi connectivity index (χ1v) is 6.59. The van der Waals surface area contributed by atoms with Crippen molar-refractivity contribution in [3.63, 3.8) is 0 Å². The fraction of sp³-hybridized carbons (Fsp3) is 0.615. The monoisotopic (exact) mass is 248 g/mol. The number of hydrazine groups is 1. The molecule has 0 saturated carbocycles. The Hall–Kier alpha value is -1.17. The van der Waals surface area contributed by atoms with Crippen LogP contribution in [0.1, 0.15) is 24.8 Å². The maximum atomic E-state index is 5.89. The lowest BCUT2D eigenvalue weighted by atomic mass is 9.82. The minimum absolute atomic E-state index is 0.215. The summed E-state index contributed by atoms with van der Waals surface area (Å²) in [6.07, 6.45) is 6.82. The van der Waals surface area contributed by atoms with Crippen molar-refractivity contribution in [2.75, 3.05) is 5.73 Å². The van der Waals surface area contributed by atoms with Gasteiger partial charge in [-0.15, -0.1) is 0 Å². The zero-order valence-corrected chi connectivity index (χ0v) is 10.4. The molecule has 3 heterocycles. The number of rotatable bonds is 4. The molecule has 2 bridgehead atoms. The molecule has 2 aliphatic heterocycles. The van der Waals surface area contributed by atoms with Gasteiger partial charge in [0.2, 0.25) is 0 Å². The van der Waals surface area contributed by atoms with Crippen molar-refractivity contribution in [1.29, 1.82) is 0 Å². The van der Waals surface area contributed by atoms with E-state index in [1.54, 1.807) is 6.20 Å². The summed E-state index contributed by atoms with van der Waals surface area (Å²) in [6, 6.07) is 4.14. The van der Waals surface area contributed by atoms with Gasteiger partial charge in [-0.05, 0) is 37.3 Å². The second kappa shape index (κ2) is 4.84. The van der Waals surface area contributed by atoms with Crippen LogP contribution in [0.2, 0.25) is 0 Å². The fourth-order valence-corrected chi connectivity index (χ4v) is 3.29. The van der Waals surface area contributed by atoms with Crippen LogP contribution in [0.15, 0.2) is 18.3 Å². The number of hydrogen-bond donors (Lipinski definition) is 3. The van der Waals surface area contributed by atoms with E-state index in [-0.39, 0.29) is 6.04 Å². The highest BCUT2D eigenvalue weighted by Gasteiger charge is 2.44. The molecule has 18 heavy (non-hydrogen) atoms. The SMILES string of the molecule is NNC(Cc1cccnc1N)C1CC2CCC1O2. The minimum atomic E-state index is 0.215. The van der Waals surface area contributed by atoms with Crippen molar-refractivity contribution in [3.05, 3.63) is 23.9 Å². The minimum Gasteiger partial charge on any atom is -0.383 e. The van der Waals surface area contributed by atoms with Gasteiger partial charge in [0, 0.05) is 18.2 Å². The molecule has 5 heteroatoms. The number of pyridine rings is 1. The topological polar surface area (TPSA) is 86.2 Å². The first kappa shape index (κ1) is 11.9. The quantitative estimate of drug-likeness (QED) is 0.537. The molecule has 4 atom stereocenters. The predicted molar refractivity (Wildman–Crippen MR) is 69.5 cm³/mol. The summed E-state index contributed by atoms with van der Waals surface area (Å²) in [7, 11) is 0. The lowest BCUT2D eigenvalue weighted by Crippen LogP contribution is -2.45. The Morgan fingerprint density at radius 1 is 1.50 bits per heavy atom. The second-order valence-corrected chi connectivity index (χ2v) is 5.30. The molecule has 0 spiro atoms. The van der Waals surface area contributed by atoms with Crippen LogP contribution in [0.25, 0.3) is 0 Å². The van der Waals surface area contributed by atoms with Crippen molar-refractivity contribution in [2.24, 2.45) is 11.8 Å². The lowest BCUT2D eigenvalue weighted by Gasteiger charge is -2.28. The number of nitrogens with two attached hydrogens (primary N) is 2. The molecular weight excluding hydrogens is 228 g/mol. The van der Waals surface area contributed by atoms with Gasteiger partial charge in [0.15, 0.2) is 0 Å². The number of nitrogens with zero attached hydrogens (tertiary/aromatic N) is 1. The van der Waals surface area contributed by atoms with Gasteiger partial charge in [0.25, 0.3) is 0 Å². The lowest BCUT2D eigenvalue weighted by molar-refractivity contribution is 0.0857. The molecule has 0 aliphatic carbocycles. The molecule has 98 valence electrons. The predicted octanol–water partition coefficient (Wildman–Crippen LogP) is 0.606. The van der Waals surface area contributed by atoms with E-state index in [4.69, 9.17) is 16.3 Å². The summed E-state index contributed by atoms with van der Waals surface area (Å²) < 4.78 is 5.89. The molecule has 4 unspecified atom stereocenters. The standard InChI is InChI=1S/C13H20N4O/c14-13-8(2-1-5-16-13)6-11(17-15)10-7-9-3-4-12(10)18-9/h1-2,5,9-12,17H,3-4,6-7,15H2,(H2,14,16). The van der Waals surface area contributed by atoms with Gasteiger partial charge in [-0.1, -0.05) is 6.07 Å². The smallest absolute Gasteiger partial charge is 0.126 e. The highest BCUT2D eigenvalue weighted by Crippen LogP contribution is 2.41. The van der Waals surface area contributed by atoms with Crippen LogP contribution in [0, 0.1) is 5.92 Å². The van der Waals surface area contributed by atoms with Gasteiger partial charge in [0.05, 0.1) is 12.2 Å². The molecule has 0 amide bonds. The van der Waals surface area contributed by atoms with E-state index in [1.807, 2.05) is 12.1 Å². The summed E-state index contributed by atoms with van der Waals surface area (Å²) >= 11 is 0. The van der Waals surface area contributed by atoms with Crippen LogP contribution < -0.4 is 17.0 Å². The number of ether oxygens (including phenoxy) is 1. The molecule has 1 aromatic heterocycles. The van der Waals surface area contributed by atoms with E-state index in [2.05, 4.69) is 10.4 Å². The van der Waals surface area contributed by atoms with E-state index in [9.17, 15) is 0 Å². The maximum absolute atomic E-state index is 5.89. The highest BCUT2D eigenvalue weighted by atomic mass is 16.5. The molecule has 2 saturated heterocycles. The van der Waals surface area contributed by atoms with Crippen molar-refractivity contribution in [3.8, 4) is 0 Å². The van der Waals surface area contributed by atoms with Crippen LogP contribution in [-0.4, -0.2) is 23.2 Å². The third-order valence-corrected chi connectivity index (χ3v) is 4.25. The Morgan fingerprint density at radius 2 is 2.39 bits per heavy atom. The van der Waals surface area contributed by atoms with E-state index < -0.39 is 0 Å². The molecule has 0 radical (unpaired) electrons. The van der Waals surface area contributed by atoms with Crippen LogP contribution in [0.4, 0.5) is 5.82 Å². The summed E-state index contributed by atoms with van der Waals surface area (Å²) in [5.74, 6) is 6.81. The summed E-state index contributed by atoms with van der Waals surface area (Å²) in [5, 5.41) is 0. The molecule has 5 nitrogen and oxygen atoms in total. The van der Waals surface area contributed by atoms with Crippen LogP contribution in [0.5, 0.6) is 0 Å². The first-order valence-electron chi connectivity index (χ1n) is 6.59. The normalized spacial score (nSPS) is 31.7. The average molecular weight is 248 g/mol.